The highest BCUT2D eigenvalue weighted by Gasteiger charge is 2.19. The van der Waals surface area contributed by atoms with Crippen LogP contribution in [0.25, 0.3) is 28.0 Å². The average Bonchev–Trinajstić information content (AvgIpc) is 3.35. The second-order valence-electron chi connectivity index (χ2n) is 9.13. The molecule has 3 heterocycles. The number of aryl methyl sites for hydroxylation is 1. The molecule has 40 heavy (non-hydrogen) atoms. The number of nitrogens with one attached hydrogen (secondary N) is 2. The molecular formula is C31H22ClFN6O. The first-order chi connectivity index (χ1) is 19.5. The summed E-state index contributed by atoms with van der Waals surface area (Å²) in [6, 6.07) is 26.5. The van der Waals surface area contributed by atoms with Crippen molar-refractivity contribution in [3.05, 3.63) is 125 Å². The quantitative estimate of drug-likeness (QED) is 0.224. The van der Waals surface area contributed by atoms with Gasteiger partial charge >= 0.3 is 0 Å². The number of fused-ring (bicyclic) bond motifs is 1. The van der Waals surface area contributed by atoms with Gasteiger partial charge in [-0.15, -0.1) is 0 Å². The number of pyridine rings is 1. The van der Waals surface area contributed by atoms with Crippen LogP contribution in [0.15, 0.2) is 103 Å². The molecule has 6 aromatic rings. The lowest BCUT2D eigenvalue weighted by Crippen LogP contribution is -2.12. The maximum absolute atomic E-state index is 13.7. The van der Waals surface area contributed by atoms with Crippen LogP contribution >= 0.6 is 11.6 Å². The Morgan fingerprint density at radius 3 is 2.62 bits per heavy atom. The van der Waals surface area contributed by atoms with E-state index in [0.717, 1.165) is 22.2 Å². The van der Waals surface area contributed by atoms with Gasteiger partial charge in [0.25, 0.3) is 5.91 Å². The molecule has 0 unspecified atom stereocenters. The minimum Gasteiger partial charge on any atom is -0.324 e. The highest BCUT2D eigenvalue weighted by molar-refractivity contribution is 6.35. The predicted molar refractivity (Wildman–Crippen MR) is 155 cm³/mol. The monoisotopic (exact) mass is 548 g/mol. The van der Waals surface area contributed by atoms with Gasteiger partial charge in [0.15, 0.2) is 0 Å². The summed E-state index contributed by atoms with van der Waals surface area (Å²) >= 11 is 6.38. The van der Waals surface area contributed by atoms with Crippen LogP contribution in [0.5, 0.6) is 0 Å². The fourth-order valence-electron chi connectivity index (χ4n) is 4.47. The maximum Gasteiger partial charge on any atom is 0.257 e. The summed E-state index contributed by atoms with van der Waals surface area (Å²) in [5.74, 6) is -0.340. The SMILES string of the molecule is Cc1cccc(C(=O)Nc2cccc(-c3nn4ccccc4c3-c3ccnc(Nc4cccc(F)c4)n3)c2)c1Cl. The Labute approximate surface area is 234 Å². The molecule has 0 aliphatic carbocycles. The number of carbonyl (C=O) groups excluding carboxylic acids is 1. The summed E-state index contributed by atoms with van der Waals surface area (Å²) in [6.45, 7) is 1.86. The van der Waals surface area contributed by atoms with Crippen molar-refractivity contribution in [1.29, 1.82) is 0 Å². The topological polar surface area (TPSA) is 84.2 Å². The zero-order valence-corrected chi connectivity index (χ0v) is 22.0. The second-order valence-corrected chi connectivity index (χ2v) is 9.50. The number of hydrogen-bond acceptors (Lipinski definition) is 5. The first-order valence-corrected chi connectivity index (χ1v) is 12.8. The smallest absolute Gasteiger partial charge is 0.257 e. The lowest BCUT2D eigenvalue weighted by atomic mass is 10.0. The number of carbonyl (C=O) groups is 1. The van der Waals surface area contributed by atoms with Gasteiger partial charge in [0, 0.05) is 29.3 Å². The van der Waals surface area contributed by atoms with Crippen molar-refractivity contribution in [3.63, 3.8) is 0 Å². The predicted octanol–water partition coefficient (Wildman–Crippen LogP) is 7.56. The Kier molecular flexibility index (Phi) is 6.67. The molecule has 1 amide bonds. The summed E-state index contributed by atoms with van der Waals surface area (Å²) in [7, 11) is 0. The minimum absolute atomic E-state index is 0.301. The van der Waals surface area contributed by atoms with E-state index in [1.807, 2.05) is 61.7 Å². The average molecular weight is 549 g/mol. The molecule has 0 radical (unpaired) electrons. The third kappa shape index (κ3) is 5.00. The Hall–Kier alpha value is -5.08. The van der Waals surface area contributed by atoms with E-state index in [0.29, 0.717) is 39.3 Å². The highest BCUT2D eigenvalue weighted by Crippen LogP contribution is 2.35. The van der Waals surface area contributed by atoms with Crippen molar-refractivity contribution in [2.45, 2.75) is 6.92 Å². The zero-order chi connectivity index (χ0) is 27.6. The number of anilines is 3. The molecule has 0 aliphatic heterocycles. The number of hydrogen-bond donors (Lipinski definition) is 2. The van der Waals surface area contributed by atoms with E-state index in [9.17, 15) is 9.18 Å². The Balaban J connectivity index is 1.39. The Morgan fingerprint density at radius 1 is 0.925 bits per heavy atom. The standard InChI is InChI=1S/C31H22ClFN6O/c1-19-7-4-12-24(28(19)32)30(40)35-22-10-5-8-20(17-22)29-27(26-13-2-3-16-39(26)38-29)25-14-15-34-31(37-25)36-23-11-6-9-21(33)18-23/h2-18H,1H3,(H,35,40)(H,34,36,37). The Morgan fingerprint density at radius 2 is 1.75 bits per heavy atom. The van der Waals surface area contributed by atoms with Gasteiger partial charge in [-0.25, -0.2) is 18.9 Å². The zero-order valence-electron chi connectivity index (χ0n) is 21.3. The van der Waals surface area contributed by atoms with Crippen LogP contribution in [-0.4, -0.2) is 25.5 Å². The van der Waals surface area contributed by atoms with Gasteiger partial charge < -0.3 is 10.6 Å². The third-order valence-electron chi connectivity index (χ3n) is 6.36. The fourth-order valence-corrected chi connectivity index (χ4v) is 4.68. The maximum atomic E-state index is 13.7. The van der Waals surface area contributed by atoms with E-state index in [2.05, 4.69) is 15.6 Å². The van der Waals surface area contributed by atoms with Gasteiger partial charge in [-0.2, -0.15) is 5.10 Å². The first-order valence-electron chi connectivity index (χ1n) is 12.5. The third-order valence-corrected chi connectivity index (χ3v) is 6.86. The number of amides is 1. The van der Waals surface area contributed by atoms with Crippen molar-refractivity contribution in [3.8, 4) is 22.5 Å². The molecule has 0 atom stereocenters. The Bertz CT molecular complexity index is 1890. The van der Waals surface area contributed by atoms with E-state index in [1.165, 1.54) is 12.1 Å². The van der Waals surface area contributed by atoms with Crippen LogP contribution in [0.2, 0.25) is 5.02 Å². The van der Waals surface area contributed by atoms with Crippen molar-refractivity contribution in [2.75, 3.05) is 10.6 Å². The number of nitrogens with zero attached hydrogens (tertiary/aromatic N) is 4. The lowest BCUT2D eigenvalue weighted by Gasteiger charge is -2.10. The fraction of sp³-hybridized carbons (Fsp3) is 0.0323. The van der Waals surface area contributed by atoms with E-state index in [4.69, 9.17) is 21.7 Å². The molecular weight excluding hydrogens is 527 g/mol. The summed E-state index contributed by atoms with van der Waals surface area (Å²) < 4.78 is 15.5. The molecule has 3 aromatic carbocycles. The van der Waals surface area contributed by atoms with Crippen molar-refractivity contribution < 1.29 is 9.18 Å². The summed E-state index contributed by atoms with van der Waals surface area (Å²) in [5.41, 5.74) is 6.08. The molecule has 9 heteroatoms. The molecule has 6 rings (SSSR count). The highest BCUT2D eigenvalue weighted by atomic mass is 35.5. The van der Waals surface area contributed by atoms with Gasteiger partial charge in [-0.3, -0.25) is 4.79 Å². The van der Waals surface area contributed by atoms with Gasteiger partial charge in [-0.05, 0) is 67.1 Å². The van der Waals surface area contributed by atoms with Crippen molar-refractivity contribution >= 4 is 40.3 Å². The molecule has 7 nitrogen and oxygen atoms in total. The van der Waals surface area contributed by atoms with Gasteiger partial charge in [0.1, 0.15) is 11.5 Å². The van der Waals surface area contributed by atoms with Crippen LogP contribution < -0.4 is 10.6 Å². The molecule has 0 spiro atoms. The molecule has 0 saturated heterocycles. The van der Waals surface area contributed by atoms with E-state index in [-0.39, 0.29) is 11.7 Å². The molecule has 0 fully saturated rings. The van der Waals surface area contributed by atoms with Crippen LogP contribution in [0.4, 0.5) is 21.7 Å². The number of aromatic nitrogens is 4. The molecule has 0 aliphatic rings. The van der Waals surface area contributed by atoms with Gasteiger partial charge in [0.05, 0.1) is 27.4 Å². The number of benzene rings is 3. The molecule has 0 saturated carbocycles. The van der Waals surface area contributed by atoms with Gasteiger partial charge in [-0.1, -0.05) is 48.0 Å². The summed E-state index contributed by atoms with van der Waals surface area (Å²) in [6.07, 6.45) is 3.50. The van der Waals surface area contributed by atoms with E-state index in [1.54, 1.807) is 41.0 Å². The first kappa shape index (κ1) is 25.2. The summed E-state index contributed by atoms with van der Waals surface area (Å²) in [4.78, 5) is 22.0. The molecule has 0 bridgehead atoms. The molecule has 3 aromatic heterocycles. The van der Waals surface area contributed by atoms with Crippen LogP contribution in [-0.2, 0) is 0 Å². The largest absolute Gasteiger partial charge is 0.324 e. The van der Waals surface area contributed by atoms with Crippen molar-refractivity contribution in [2.24, 2.45) is 0 Å². The normalized spacial score (nSPS) is 11.0. The van der Waals surface area contributed by atoms with Crippen LogP contribution in [0.1, 0.15) is 15.9 Å². The van der Waals surface area contributed by atoms with E-state index < -0.39 is 0 Å². The number of rotatable bonds is 6. The lowest BCUT2D eigenvalue weighted by molar-refractivity contribution is 0.102. The minimum atomic E-state index is -0.359. The van der Waals surface area contributed by atoms with Gasteiger partial charge in [0.2, 0.25) is 5.95 Å². The number of halogens is 2. The molecule has 2 N–H and O–H groups in total. The summed E-state index contributed by atoms with van der Waals surface area (Å²) in [5, 5.41) is 11.3. The van der Waals surface area contributed by atoms with Crippen molar-refractivity contribution in [1.82, 2.24) is 19.6 Å². The van der Waals surface area contributed by atoms with E-state index >= 15 is 0 Å². The van der Waals surface area contributed by atoms with Crippen LogP contribution in [0.3, 0.4) is 0 Å². The van der Waals surface area contributed by atoms with Crippen LogP contribution in [0, 0.1) is 12.7 Å². The molecule has 196 valence electrons. The second kappa shape index (κ2) is 10.6.